The molecule has 0 atom stereocenters. The third-order valence-electron chi connectivity index (χ3n) is 1.53. The SMILES string of the molecule is CCC(=O)O[Si](C)(C)CC. The van der Waals surface area contributed by atoms with Crippen LogP contribution in [0.25, 0.3) is 0 Å². The summed E-state index contributed by atoms with van der Waals surface area (Å²) in [5.74, 6) is -0.0569. The number of hydrogen-bond acceptors (Lipinski definition) is 2. The van der Waals surface area contributed by atoms with Crippen LogP contribution in [0.2, 0.25) is 19.1 Å². The molecule has 0 aliphatic carbocycles. The summed E-state index contributed by atoms with van der Waals surface area (Å²) in [6.07, 6.45) is 0.496. The molecule has 0 bridgehead atoms. The maximum Gasteiger partial charge on any atom is 0.292 e. The Bertz CT molecular complexity index is 121. The molecule has 0 aromatic heterocycles. The smallest absolute Gasteiger partial charge is 0.292 e. The summed E-state index contributed by atoms with van der Waals surface area (Å²) in [4.78, 5) is 10.8. The van der Waals surface area contributed by atoms with Gasteiger partial charge in [-0.2, -0.15) is 0 Å². The largest absolute Gasteiger partial charge is 0.520 e. The lowest BCUT2D eigenvalue weighted by molar-refractivity contribution is -0.134. The summed E-state index contributed by atoms with van der Waals surface area (Å²) < 4.78 is 5.24. The average molecular weight is 160 g/mol. The van der Waals surface area contributed by atoms with Gasteiger partial charge in [0, 0.05) is 6.42 Å². The first kappa shape index (κ1) is 9.69. The maximum atomic E-state index is 10.8. The van der Waals surface area contributed by atoms with Crippen molar-refractivity contribution in [3.05, 3.63) is 0 Å². The lowest BCUT2D eigenvalue weighted by Crippen LogP contribution is -2.31. The van der Waals surface area contributed by atoms with Gasteiger partial charge in [-0.1, -0.05) is 13.8 Å². The zero-order valence-electron chi connectivity index (χ0n) is 7.23. The van der Waals surface area contributed by atoms with Crippen molar-refractivity contribution < 1.29 is 9.22 Å². The number of rotatable bonds is 3. The lowest BCUT2D eigenvalue weighted by Gasteiger charge is -2.19. The van der Waals surface area contributed by atoms with E-state index >= 15 is 0 Å². The summed E-state index contributed by atoms with van der Waals surface area (Å²) in [6, 6.07) is 0.999. The van der Waals surface area contributed by atoms with Crippen LogP contribution in [0.5, 0.6) is 0 Å². The Morgan fingerprint density at radius 3 is 2.20 bits per heavy atom. The average Bonchev–Trinajstić information content (AvgIpc) is 1.87. The molecule has 10 heavy (non-hydrogen) atoms. The molecule has 2 nitrogen and oxygen atoms in total. The summed E-state index contributed by atoms with van der Waals surface area (Å²) in [7, 11) is -1.61. The van der Waals surface area contributed by atoms with Crippen molar-refractivity contribution in [1.29, 1.82) is 0 Å². The second-order valence-corrected chi connectivity index (χ2v) is 7.37. The van der Waals surface area contributed by atoms with Crippen LogP contribution in [-0.4, -0.2) is 14.3 Å². The monoisotopic (exact) mass is 160 g/mol. The number of carbonyl (C=O) groups excluding carboxylic acids is 1. The quantitative estimate of drug-likeness (QED) is 0.591. The molecule has 0 heterocycles. The van der Waals surface area contributed by atoms with E-state index in [0.717, 1.165) is 6.04 Å². The van der Waals surface area contributed by atoms with E-state index in [2.05, 4.69) is 20.0 Å². The molecule has 0 saturated carbocycles. The molecular weight excluding hydrogens is 144 g/mol. The van der Waals surface area contributed by atoms with E-state index in [1.54, 1.807) is 0 Å². The third kappa shape index (κ3) is 3.66. The molecule has 0 rings (SSSR count). The van der Waals surface area contributed by atoms with Crippen LogP contribution in [0.3, 0.4) is 0 Å². The molecule has 0 aromatic carbocycles. The minimum Gasteiger partial charge on any atom is -0.520 e. The van der Waals surface area contributed by atoms with E-state index in [-0.39, 0.29) is 5.97 Å². The number of carbonyl (C=O) groups is 1. The number of hydrogen-bond donors (Lipinski definition) is 0. The highest BCUT2D eigenvalue weighted by Crippen LogP contribution is 2.10. The highest BCUT2D eigenvalue weighted by atomic mass is 28.4. The van der Waals surface area contributed by atoms with Crippen molar-refractivity contribution in [2.24, 2.45) is 0 Å². The van der Waals surface area contributed by atoms with Gasteiger partial charge in [-0.25, -0.2) is 0 Å². The predicted octanol–water partition coefficient (Wildman–Crippen LogP) is 2.16. The van der Waals surface area contributed by atoms with Crippen molar-refractivity contribution >= 4 is 14.3 Å². The highest BCUT2D eigenvalue weighted by molar-refractivity contribution is 6.72. The Hall–Kier alpha value is -0.313. The van der Waals surface area contributed by atoms with E-state index in [1.165, 1.54) is 0 Å². The lowest BCUT2D eigenvalue weighted by atomic mass is 10.5. The van der Waals surface area contributed by atoms with Crippen LogP contribution in [0, 0.1) is 0 Å². The Balaban J connectivity index is 3.76. The molecule has 0 N–H and O–H groups in total. The first-order chi connectivity index (χ1) is 4.52. The van der Waals surface area contributed by atoms with Gasteiger partial charge >= 0.3 is 0 Å². The van der Waals surface area contributed by atoms with Gasteiger partial charge in [-0.15, -0.1) is 0 Å². The van der Waals surface area contributed by atoms with Gasteiger partial charge in [0.2, 0.25) is 8.32 Å². The normalized spacial score (nSPS) is 11.2. The van der Waals surface area contributed by atoms with Gasteiger partial charge in [0.1, 0.15) is 0 Å². The van der Waals surface area contributed by atoms with Gasteiger partial charge < -0.3 is 4.43 Å². The van der Waals surface area contributed by atoms with Gasteiger partial charge in [0.15, 0.2) is 0 Å². The van der Waals surface area contributed by atoms with Crippen molar-refractivity contribution in [2.45, 2.75) is 39.4 Å². The maximum absolute atomic E-state index is 10.8. The molecule has 0 aliphatic heterocycles. The van der Waals surface area contributed by atoms with E-state index in [4.69, 9.17) is 4.43 Å². The van der Waals surface area contributed by atoms with Crippen LogP contribution in [0.1, 0.15) is 20.3 Å². The molecule has 0 saturated heterocycles. The molecule has 0 fully saturated rings. The standard InChI is InChI=1S/C7H16O2Si/c1-5-7(8)9-10(3,4)6-2/h5-6H2,1-4H3. The zero-order valence-corrected chi connectivity index (χ0v) is 8.23. The minimum atomic E-state index is -1.61. The minimum absolute atomic E-state index is 0.0569. The molecule has 0 aromatic rings. The van der Waals surface area contributed by atoms with Crippen molar-refractivity contribution in [3.63, 3.8) is 0 Å². The van der Waals surface area contributed by atoms with Crippen molar-refractivity contribution in [2.75, 3.05) is 0 Å². The van der Waals surface area contributed by atoms with Crippen molar-refractivity contribution in [3.8, 4) is 0 Å². The molecule has 60 valence electrons. The third-order valence-corrected chi connectivity index (χ3v) is 4.01. The molecule has 3 heteroatoms. The predicted molar refractivity (Wildman–Crippen MR) is 44.3 cm³/mol. The summed E-state index contributed by atoms with van der Waals surface area (Å²) in [6.45, 7) is 8.00. The van der Waals surface area contributed by atoms with Gasteiger partial charge in [-0.05, 0) is 19.1 Å². The van der Waals surface area contributed by atoms with Gasteiger partial charge in [0.05, 0.1) is 0 Å². The fourth-order valence-corrected chi connectivity index (χ4v) is 1.36. The van der Waals surface area contributed by atoms with Gasteiger partial charge in [-0.3, -0.25) is 4.79 Å². The van der Waals surface area contributed by atoms with E-state index in [9.17, 15) is 4.79 Å². The van der Waals surface area contributed by atoms with Crippen LogP contribution in [0.4, 0.5) is 0 Å². The van der Waals surface area contributed by atoms with Crippen LogP contribution in [0.15, 0.2) is 0 Å². The fraction of sp³-hybridized carbons (Fsp3) is 0.857. The Kier molecular flexibility index (Phi) is 3.64. The van der Waals surface area contributed by atoms with Crippen LogP contribution in [-0.2, 0) is 9.22 Å². The highest BCUT2D eigenvalue weighted by Gasteiger charge is 2.23. The topological polar surface area (TPSA) is 26.3 Å². The first-order valence-electron chi connectivity index (χ1n) is 3.73. The molecule has 0 aliphatic rings. The van der Waals surface area contributed by atoms with E-state index in [1.807, 2.05) is 6.92 Å². The summed E-state index contributed by atoms with van der Waals surface area (Å²) in [5, 5.41) is 0. The van der Waals surface area contributed by atoms with Crippen molar-refractivity contribution in [1.82, 2.24) is 0 Å². The Labute approximate surface area is 63.7 Å². The van der Waals surface area contributed by atoms with E-state index < -0.39 is 8.32 Å². The summed E-state index contributed by atoms with van der Waals surface area (Å²) in [5.41, 5.74) is 0. The molecular formula is C7H16O2Si. The Morgan fingerprint density at radius 2 is 1.90 bits per heavy atom. The second kappa shape index (κ2) is 3.76. The van der Waals surface area contributed by atoms with Crippen LogP contribution >= 0.6 is 0 Å². The molecule has 0 radical (unpaired) electrons. The fourth-order valence-electron chi connectivity index (χ4n) is 0.453. The zero-order chi connectivity index (χ0) is 8.20. The molecule has 0 unspecified atom stereocenters. The molecule has 0 spiro atoms. The molecule has 0 amide bonds. The van der Waals surface area contributed by atoms with Crippen LogP contribution < -0.4 is 0 Å². The summed E-state index contributed by atoms with van der Waals surface area (Å²) >= 11 is 0. The van der Waals surface area contributed by atoms with Gasteiger partial charge in [0.25, 0.3) is 5.97 Å². The first-order valence-corrected chi connectivity index (χ1v) is 6.85. The van der Waals surface area contributed by atoms with E-state index in [0.29, 0.717) is 6.42 Å². The Morgan fingerprint density at radius 1 is 1.40 bits per heavy atom. The second-order valence-electron chi connectivity index (χ2n) is 2.94.